The van der Waals surface area contributed by atoms with Crippen LogP contribution in [0.25, 0.3) is 0 Å². The Labute approximate surface area is 101 Å². The molecule has 1 saturated heterocycles. The molecule has 1 aliphatic rings. The summed E-state index contributed by atoms with van der Waals surface area (Å²) in [5, 5.41) is 3.51. The van der Waals surface area contributed by atoms with Gasteiger partial charge in [-0.3, -0.25) is 4.90 Å². The van der Waals surface area contributed by atoms with Crippen LogP contribution in [-0.2, 0) is 0 Å². The summed E-state index contributed by atoms with van der Waals surface area (Å²) in [5.74, 6) is 0. The number of hydrogen-bond acceptors (Lipinski definition) is 4. The zero-order valence-electron chi connectivity index (χ0n) is 11.2. The van der Waals surface area contributed by atoms with E-state index in [-0.39, 0.29) is 0 Å². The quantitative estimate of drug-likeness (QED) is 0.608. The fourth-order valence-corrected chi connectivity index (χ4v) is 1.86. The van der Waals surface area contributed by atoms with Crippen molar-refractivity contribution in [1.82, 2.24) is 20.0 Å². The molecule has 1 heterocycles. The molecule has 96 valence electrons. The molecule has 0 radical (unpaired) electrons. The molecular weight excluding hydrogens is 200 g/mol. The lowest BCUT2D eigenvalue weighted by Gasteiger charge is -2.32. The summed E-state index contributed by atoms with van der Waals surface area (Å²) >= 11 is 0. The highest BCUT2D eigenvalue weighted by molar-refractivity contribution is 4.69. The third kappa shape index (κ3) is 5.80. The first-order valence-electron chi connectivity index (χ1n) is 6.52. The fraction of sp³-hybridized carbons (Fsp3) is 1.00. The average molecular weight is 228 g/mol. The van der Waals surface area contributed by atoms with Crippen LogP contribution < -0.4 is 5.32 Å². The molecule has 16 heavy (non-hydrogen) atoms. The first-order chi connectivity index (χ1) is 7.72. The molecule has 0 amide bonds. The molecule has 1 N–H and O–H groups in total. The number of piperazine rings is 1. The van der Waals surface area contributed by atoms with Crippen LogP contribution in [0.3, 0.4) is 0 Å². The third-order valence-electron chi connectivity index (χ3n) is 3.41. The summed E-state index contributed by atoms with van der Waals surface area (Å²) in [6.45, 7) is 12.8. The van der Waals surface area contributed by atoms with Crippen LogP contribution in [0.1, 0.15) is 6.92 Å². The summed E-state index contributed by atoms with van der Waals surface area (Å²) < 4.78 is 0. The van der Waals surface area contributed by atoms with E-state index >= 15 is 0 Å². The molecule has 1 aliphatic heterocycles. The molecule has 0 aromatic carbocycles. The standard InChI is InChI=1S/C12H28N4/c1-4-14(2)7-5-13-6-8-16-11-9-15(3)10-12-16/h13H,4-12H2,1-3H3. The van der Waals surface area contributed by atoms with Gasteiger partial charge >= 0.3 is 0 Å². The van der Waals surface area contributed by atoms with Crippen LogP contribution in [-0.4, -0.2) is 87.7 Å². The smallest absolute Gasteiger partial charge is 0.0110 e. The molecule has 0 aromatic rings. The van der Waals surface area contributed by atoms with Crippen LogP contribution in [0.15, 0.2) is 0 Å². The summed E-state index contributed by atoms with van der Waals surface area (Å²) in [4.78, 5) is 7.29. The minimum Gasteiger partial charge on any atom is -0.314 e. The Morgan fingerprint density at radius 3 is 2.44 bits per heavy atom. The van der Waals surface area contributed by atoms with Crippen LogP contribution in [0.4, 0.5) is 0 Å². The third-order valence-corrected chi connectivity index (χ3v) is 3.41. The monoisotopic (exact) mass is 228 g/mol. The molecule has 1 rings (SSSR count). The molecule has 0 bridgehead atoms. The topological polar surface area (TPSA) is 21.8 Å². The van der Waals surface area contributed by atoms with E-state index in [1.54, 1.807) is 0 Å². The van der Waals surface area contributed by atoms with Crippen molar-refractivity contribution in [3.05, 3.63) is 0 Å². The van der Waals surface area contributed by atoms with Gasteiger partial charge in [0.05, 0.1) is 0 Å². The average Bonchev–Trinajstić information content (AvgIpc) is 2.31. The van der Waals surface area contributed by atoms with Gasteiger partial charge < -0.3 is 15.1 Å². The van der Waals surface area contributed by atoms with Gasteiger partial charge in [0.2, 0.25) is 0 Å². The number of hydrogen-bond donors (Lipinski definition) is 1. The maximum Gasteiger partial charge on any atom is 0.0110 e. The molecule has 0 saturated carbocycles. The van der Waals surface area contributed by atoms with E-state index in [9.17, 15) is 0 Å². The van der Waals surface area contributed by atoms with Crippen LogP contribution in [0.5, 0.6) is 0 Å². The largest absolute Gasteiger partial charge is 0.314 e. The summed E-state index contributed by atoms with van der Waals surface area (Å²) in [6.07, 6.45) is 0. The van der Waals surface area contributed by atoms with Crippen LogP contribution in [0, 0.1) is 0 Å². The highest BCUT2D eigenvalue weighted by atomic mass is 15.2. The van der Waals surface area contributed by atoms with E-state index in [1.807, 2.05) is 0 Å². The van der Waals surface area contributed by atoms with Gasteiger partial charge in [0.1, 0.15) is 0 Å². The second-order valence-corrected chi connectivity index (χ2v) is 4.79. The summed E-state index contributed by atoms with van der Waals surface area (Å²) in [5.41, 5.74) is 0. The normalized spacial score (nSPS) is 19.5. The van der Waals surface area contributed by atoms with Crippen molar-refractivity contribution in [1.29, 1.82) is 0 Å². The Morgan fingerprint density at radius 1 is 1.12 bits per heavy atom. The first-order valence-corrected chi connectivity index (χ1v) is 6.52. The van der Waals surface area contributed by atoms with E-state index < -0.39 is 0 Å². The highest BCUT2D eigenvalue weighted by Gasteiger charge is 2.12. The molecule has 4 heteroatoms. The number of nitrogens with zero attached hydrogens (tertiary/aromatic N) is 3. The van der Waals surface area contributed by atoms with E-state index in [2.05, 4.69) is 41.0 Å². The van der Waals surface area contributed by atoms with Crippen molar-refractivity contribution in [2.45, 2.75) is 6.92 Å². The Balaban J connectivity index is 1.91. The number of rotatable bonds is 7. The summed E-state index contributed by atoms with van der Waals surface area (Å²) in [6, 6.07) is 0. The minimum absolute atomic E-state index is 1.11. The van der Waals surface area contributed by atoms with Crippen molar-refractivity contribution in [2.75, 3.05) is 73.0 Å². The minimum atomic E-state index is 1.11. The lowest BCUT2D eigenvalue weighted by Crippen LogP contribution is -2.46. The van der Waals surface area contributed by atoms with Crippen LogP contribution in [0.2, 0.25) is 0 Å². The van der Waals surface area contributed by atoms with Crippen LogP contribution >= 0.6 is 0 Å². The maximum atomic E-state index is 3.51. The first kappa shape index (κ1) is 13.9. The summed E-state index contributed by atoms with van der Waals surface area (Å²) in [7, 11) is 4.37. The van der Waals surface area contributed by atoms with Gasteiger partial charge in [-0.25, -0.2) is 0 Å². The van der Waals surface area contributed by atoms with E-state index in [0.717, 1.165) is 26.2 Å². The number of likely N-dealkylation sites (N-methyl/N-ethyl adjacent to an activating group) is 2. The van der Waals surface area contributed by atoms with Gasteiger partial charge in [0.25, 0.3) is 0 Å². The second kappa shape index (κ2) is 8.01. The zero-order valence-corrected chi connectivity index (χ0v) is 11.2. The van der Waals surface area contributed by atoms with E-state index in [4.69, 9.17) is 0 Å². The maximum absolute atomic E-state index is 3.51. The lowest BCUT2D eigenvalue weighted by molar-refractivity contribution is 0.154. The second-order valence-electron chi connectivity index (χ2n) is 4.79. The van der Waals surface area contributed by atoms with Gasteiger partial charge in [-0.15, -0.1) is 0 Å². The molecular formula is C12H28N4. The predicted molar refractivity (Wildman–Crippen MR) is 70.0 cm³/mol. The van der Waals surface area contributed by atoms with Gasteiger partial charge in [-0.1, -0.05) is 6.92 Å². The Morgan fingerprint density at radius 2 is 1.81 bits per heavy atom. The highest BCUT2D eigenvalue weighted by Crippen LogP contribution is 1.97. The van der Waals surface area contributed by atoms with E-state index in [1.165, 1.54) is 32.7 Å². The van der Waals surface area contributed by atoms with E-state index in [0.29, 0.717) is 0 Å². The van der Waals surface area contributed by atoms with Crippen molar-refractivity contribution in [3.8, 4) is 0 Å². The Bertz CT molecular complexity index is 166. The molecule has 4 nitrogen and oxygen atoms in total. The zero-order chi connectivity index (χ0) is 11.8. The fourth-order valence-electron chi connectivity index (χ4n) is 1.86. The van der Waals surface area contributed by atoms with Crippen molar-refractivity contribution >= 4 is 0 Å². The molecule has 0 spiro atoms. The van der Waals surface area contributed by atoms with Gasteiger partial charge in [0.15, 0.2) is 0 Å². The SMILES string of the molecule is CCN(C)CCNCCN1CCN(C)CC1. The van der Waals surface area contributed by atoms with Gasteiger partial charge in [-0.05, 0) is 20.6 Å². The lowest BCUT2D eigenvalue weighted by atomic mass is 10.3. The van der Waals surface area contributed by atoms with Crippen molar-refractivity contribution in [2.24, 2.45) is 0 Å². The molecule has 0 aliphatic carbocycles. The van der Waals surface area contributed by atoms with Crippen molar-refractivity contribution < 1.29 is 0 Å². The van der Waals surface area contributed by atoms with Gasteiger partial charge in [0, 0.05) is 52.4 Å². The van der Waals surface area contributed by atoms with Crippen molar-refractivity contribution in [3.63, 3.8) is 0 Å². The Kier molecular flexibility index (Phi) is 6.96. The number of nitrogens with one attached hydrogen (secondary N) is 1. The Hall–Kier alpha value is -0.160. The molecule has 0 unspecified atom stereocenters. The molecule has 0 aromatic heterocycles. The molecule has 1 fully saturated rings. The van der Waals surface area contributed by atoms with Gasteiger partial charge in [-0.2, -0.15) is 0 Å². The molecule has 0 atom stereocenters. The predicted octanol–water partition coefficient (Wildman–Crippen LogP) is -0.225.